The van der Waals surface area contributed by atoms with E-state index < -0.39 is 0 Å². The predicted molar refractivity (Wildman–Crippen MR) is 69.6 cm³/mol. The lowest BCUT2D eigenvalue weighted by atomic mass is 9.97. The van der Waals surface area contributed by atoms with Gasteiger partial charge in [0.1, 0.15) is 0 Å². The number of nitrogens with zero attached hydrogens (tertiary/aromatic N) is 1. The molecule has 0 aromatic carbocycles. The Morgan fingerprint density at radius 3 is 3.00 bits per heavy atom. The minimum absolute atomic E-state index is 0.387. The van der Waals surface area contributed by atoms with E-state index in [1.165, 1.54) is 41.9 Å². The van der Waals surface area contributed by atoms with Crippen molar-refractivity contribution in [2.45, 2.75) is 38.6 Å². The van der Waals surface area contributed by atoms with Crippen LogP contribution in [-0.4, -0.2) is 18.5 Å². The van der Waals surface area contributed by atoms with Crippen molar-refractivity contribution in [3.63, 3.8) is 0 Å². The molecule has 0 aromatic rings. The van der Waals surface area contributed by atoms with Crippen molar-refractivity contribution < 1.29 is 0 Å². The molecule has 0 heterocycles. The molecule has 15 heavy (non-hydrogen) atoms. The van der Waals surface area contributed by atoms with Crippen LogP contribution >= 0.6 is 11.8 Å². The van der Waals surface area contributed by atoms with Gasteiger partial charge in [0.15, 0.2) is 0 Å². The zero-order valence-electron chi connectivity index (χ0n) is 9.41. The molecule has 0 saturated heterocycles. The molecule has 2 rings (SSSR count). The highest BCUT2D eigenvalue weighted by atomic mass is 32.2. The highest BCUT2D eigenvalue weighted by Crippen LogP contribution is 2.40. The molecule has 0 spiro atoms. The van der Waals surface area contributed by atoms with Crippen molar-refractivity contribution in [1.82, 2.24) is 0 Å². The maximum atomic E-state index is 4.30. The second-order valence-electron chi connectivity index (χ2n) is 4.25. The molecule has 0 amide bonds. The lowest BCUT2D eigenvalue weighted by molar-refractivity contribution is 0.686. The lowest BCUT2D eigenvalue weighted by Gasteiger charge is -2.18. The molecule has 0 radical (unpaired) electrons. The lowest BCUT2D eigenvalue weighted by Crippen LogP contribution is -2.11. The summed E-state index contributed by atoms with van der Waals surface area (Å²) in [5, 5.41) is 0. The summed E-state index contributed by atoms with van der Waals surface area (Å²) in [6, 6.07) is 0.387. The minimum atomic E-state index is 0.387. The highest BCUT2D eigenvalue weighted by Gasteiger charge is 2.32. The quantitative estimate of drug-likeness (QED) is 0.643. The van der Waals surface area contributed by atoms with Crippen LogP contribution in [-0.2, 0) is 0 Å². The molecule has 1 atom stereocenters. The summed E-state index contributed by atoms with van der Waals surface area (Å²) in [6.45, 7) is 5.96. The molecule has 2 aliphatic carbocycles. The Labute approximate surface area is 96.7 Å². The highest BCUT2D eigenvalue weighted by molar-refractivity contribution is 8.03. The average Bonchev–Trinajstić information content (AvgIpc) is 3.04. The zero-order valence-corrected chi connectivity index (χ0v) is 10.2. The molecule has 82 valence electrons. The van der Waals surface area contributed by atoms with Gasteiger partial charge in [-0.1, -0.05) is 13.0 Å². The first-order chi connectivity index (χ1) is 7.35. The molecule has 1 fully saturated rings. The van der Waals surface area contributed by atoms with Crippen molar-refractivity contribution in [1.29, 1.82) is 0 Å². The van der Waals surface area contributed by atoms with Crippen LogP contribution in [0.5, 0.6) is 0 Å². The summed E-state index contributed by atoms with van der Waals surface area (Å²) in [5.41, 5.74) is 1.43. The average molecular weight is 221 g/mol. The maximum absolute atomic E-state index is 4.30. The fourth-order valence-corrected chi connectivity index (χ4v) is 2.99. The molecule has 0 aliphatic heterocycles. The van der Waals surface area contributed by atoms with Crippen LogP contribution in [0.4, 0.5) is 0 Å². The zero-order chi connectivity index (χ0) is 10.7. The van der Waals surface area contributed by atoms with Crippen LogP contribution < -0.4 is 0 Å². The summed E-state index contributed by atoms with van der Waals surface area (Å²) in [4.78, 5) is 5.83. The third-order valence-corrected chi connectivity index (χ3v) is 4.02. The smallest absolute Gasteiger partial charge is 0.0767 e. The summed E-state index contributed by atoms with van der Waals surface area (Å²) < 4.78 is 0. The van der Waals surface area contributed by atoms with Gasteiger partial charge in [-0.25, -0.2) is 0 Å². The van der Waals surface area contributed by atoms with Gasteiger partial charge in [0, 0.05) is 0 Å². The van der Waals surface area contributed by atoms with E-state index in [0.29, 0.717) is 6.04 Å². The van der Waals surface area contributed by atoms with E-state index in [4.69, 9.17) is 0 Å². The summed E-state index contributed by atoms with van der Waals surface area (Å²) in [5.74, 6) is 1.96. The van der Waals surface area contributed by atoms with Crippen LogP contribution in [0.1, 0.15) is 32.6 Å². The number of allylic oxidation sites excluding steroid dienone is 2. The molecule has 1 saturated carbocycles. The number of thioether (sulfide) groups is 1. The van der Waals surface area contributed by atoms with Crippen molar-refractivity contribution in [3.05, 3.63) is 22.6 Å². The SMILES string of the molecule is C=NC(C1=CCCC(SCC)=C1)C1CC1. The van der Waals surface area contributed by atoms with Crippen LogP contribution in [0.25, 0.3) is 0 Å². The first kappa shape index (κ1) is 11.0. The third kappa shape index (κ3) is 2.75. The third-order valence-electron chi connectivity index (χ3n) is 3.03. The monoisotopic (exact) mass is 221 g/mol. The summed E-state index contributed by atoms with van der Waals surface area (Å²) >= 11 is 1.97. The Morgan fingerprint density at radius 2 is 2.40 bits per heavy atom. The van der Waals surface area contributed by atoms with E-state index in [9.17, 15) is 0 Å². The molecule has 0 N–H and O–H groups in total. The van der Waals surface area contributed by atoms with Gasteiger partial charge in [0.05, 0.1) is 6.04 Å². The normalized spacial score (nSPS) is 23.0. The van der Waals surface area contributed by atoms with Gasteiger partial charge in [0.25, 0.3) is 0 Å². The number of rotatable bonds is 5. The summed E-state index contributed by atoms with van der Waals surface area (Å²) in [7, 11) is 0. The van der Waals surface area contributed by atoms with E-state index in [1.807, 2.05) is 11.8 Å². The number of hydrogen-bond donors (Lipinski definition) is 0. The van der Waals surface area contributed by atoms with E-state index in [-0.39, 0.29) is 0 Å². The second-order valence-corrected chi connectivity index (χ2v) is 5.64. The molecule has 0 aromatic heterocycles. The number of hydrogen-bond acceptors (Lipinski definition) is 2. The topological polar surface area (TPSA) is 12.4 Å². The van der Waals surface area contributed by atoms with Crippen LogP contribution in [0.15, 0.2) is 27.6 Å². The van der Waals surface area contributed by atoms with Crippen LogP contribution in [0, 0.1) is 5.92 Å². The van der Waals surface area contributed by atoms with Gasteiger partial charge in [-0.05, 0) is 60.6 Å². The van der Waals surface area contributed by atoms with Crippen molar-refractivity contribution in [2.24, 2.45) is 10.9 Å². The van der Waals surface area contributed by atoms with E-state index in [0.717, 1.165) is 5.92 Å². The first-order valence-corrected chi connectivity index (χ1v) is 6.83. The fourth-order valence-electron chi connectivity index (χ4n) is 2.14. The van der Waals surface area contributed by atoms with Crippen LogP contribution in [0.3, 0.4) is 0 Å². The Balaban J connectivity index is 2.07. The molecular weight excluding hydrogens is 202 g/mol. The molecule has 0 bridgehead atoms. The van der Waals surface area contributed by atoms with Gasteiger partial charge >= 0.3 is 0 Å². The van der Waals surface area contributed by atoms with Crippen molar-refractivity contribution in [2.75, 3.05) is 5.75 Å². The van der Waals surface area contributed by atoms with Gasteiger partial charge < -0.3 is 0 Å². The summed E-state index contributed by atoms with van der Waals surface area (Å²) in [6.07, 6.45) is 9.80. The minimum Gasteiger partial charge on any atom is -0.293 e. The first-order valence-electron chi connectivity index (χ1n) is 5.84. The van der Waals surface area contributed by atoms with E-state index in [1.54, 1.807) is 0 Å². The Hall–Kier alpha value is -0.500. The largest absolute Gasteiger partial charge is 0.293 e. The second kappa shape index (κ2) is 5.02. The van der Waals surface area contributed by atoms with Gasteiger partial charge in [-0.15, -0.1) is 11.8 Å². The fraction of sp³-hybridized carbons (Fsp3) is 0.615. The molecule has 1 unspecified atom stereocenters. The molecule has 2 aliphatic rings. The predicted octanol–water partition coefficient (Wildman–Crippen LogP) is 3.82. The Morgan fingerprint density at radius 1 is 1.60 bits per heavy atom. The molecular formula is C13H19NS. The molecule has 1 nitrogen and oxygen atoms in total. The Kier molecular flexibility index (Phi) is 3.68. The van der Waals surface area contributed by atoms with Gasteiger partial charge in [-0.3, -0.25) is 4.99 Å². The number of aliphatic imine (C=N–C) groups is 1. The maximum Gasteiger partial charge on any atom is 0.0767 e. The van der Waals surface area contributed by atoms with E-state index in [2.05, 4.69) is 30.8 Å². The van der Waals surface area contributed by atoms with Crippen LogP contribution in [0.2, 0.25) is 0 Å². The van der Waals surface area contributed by atoms with E-state index >= 15 is 0 Å². The van der Waals surface area contributed by atoms with Gasteiger partial charge in [0.2, 0.25) is 0 Å². The van der Waals surface area contributed by atoms with Crippen molar-refractivity contribution in [3.8, 4) is 0 Å². The van der Waals surface area contributed by atoms with Gasteiger partial charge in [-0.2, -0.15) is 0 Å². The molecule has 2 heteroatoms. The Bertz CT molecular complexity index is 300. The van der Waals surface area contributed by atoms with Crippen molar-refractivity contribution >= 4 is 18.5 Å². The standard InChI is InChI=1S/C13H19NS/c1-3-15-12-6-4-5-11(9-12)13(14-2)10-7-8-10/h5,9-10,13H,2-4,6-8H2,1H3.